The first kappa shape index (κ1) is 18.4. The molecule has 1 aliphatic heterocycles. The predicted octanol–water partition coefficient (Wildman–Crippen LogP) is 5.38. The summed E-state index contributed by atoms with van der Waals surface area (Å²) in [6.45, 7) is 4.08. The van der Waals surface area contributed by atoms with Crippen LogP contribution in [0.2, 0.25) is 0 Å². The first-order valence-corrected chi connectivity index (χ1v) is 9.93. The van der Waals surface area contributed by atoms with Crippen LogP contribution in [0.5, 0.6) is 0 Å². The molecule has 2 aromatic rings. The molecule has 4 rings (SSSR count). The van der Waals surface area contributed by atoms with Crippen LogP contribution in [-0.4, -0.2) is 11.7 Å². The highest BCUT2D eigenvalue weighted by atomic mass is 16.2. The van der Waals surface area contributed by atoms with Gasteiger partial charge < -0.3 is 0 Å². The summed E-state index contributed by atoms with van der Waals surface area (Å²) in [6.07, 6.45) is 6.54. The minimum absolute atomic E-state index is 0.0705. The Labute approximate surface area is 166 Å². The molecule has 0 saturated carbocycles. The second-order valence-corrected chi connectivity index (χ2v) is 7.79. The summed E-state index contributed by atoms with van der Waals surface area (Å²) in [6, 6.07) is 16.2. The molecule has 28 heavy (non-hydrogen) atoms. The number of nitrogens with zero attached hydrogens (tertiary/aromatic N) is 1. The van der Waals surface area contributed by atoms with Crippen molar-refractivity contribution in [3.8, 4) is 0 Å². The molecule has 3 heteroatoms. The molecule has 0 fully saturated rings. The first-order chi connectivity index (χ1) is 13.5. The van der Waals surface area contributed by atoms with Gasteiger partial charge in [-0.15, -0.1) is 0 Å². The topological polar surface area (TPSA) is 37.4 Å². The molecule has 2 aromatic carbocycles. The van der Waals surface area contributed by atoms with E-state index in [0.29, 0.717) is 12.8 Å². The van der Waals surface area contributed by atoms with E-state index in [4.69, 9.17) is 0 Å². The van der Waals surface area contributed by atoms with Gasteiger partial charge in [0.1, 0.15) is 0 Å². The molecule has 0 aromatic heterocycles. The largest absolute Gasteiger partial charge is 0.294 e. The van der Waals surface area contributed by atoms with Gasteiger partial charge in [0.2, 0.25) is 5.91 Å². The molecule has 3 nitrogen and oxygen atoms in total. The molecule has 0 spiro atoms. The molecule has 0 N–H and O–H groups in total. The lowest BCUT2D eigenvalue weighted by Gasteiger charge is -2.37. The quantitative estimate of drug-likeness (QED) is 0.727. The van der Waals surface area contributed by atoms with E-state index in [0.717, 1.165) is 46.5 Å². The van der Waals surface area contributed by atoms with E-state index >= 15 is 0 Å². The second-order valence-electron chi connectivity index (χ2n) is 7.79. The SMILES string of the molecule is Cc1cc(C)cc(N2C(=O)CC(/C=C/c3ccccc3)C3=C2CCCC3=O)c1. The lowest BCUT2D eigenvalue weighted by Crippen LogP contribution is -2.40. The summed E-state index contributed by atoms with van der Waals surface area (Å²) in [7, 11) is 0. The van der Waals surface area contributed by atoms with Crippen molar-refractivity contribution >= 4 is 23.5 Å². The molecule has 1 heterocycles. The van der Waals surface area contributed by atoms with E-state index in [9.17, 15) is 9.59 Å². The molecule has 1 atom stereocenters. The van der Waals surface area contributed by atoms with E-state index in [1.807, 2.05) is 68.5 Å². The van der Waals surface area contributed by atoms with Crippen LogP contribution in [0.4, 0.5) is 5.69 Å². The van der Waals surface area contributed by atoms with Gasteiger partial charge in [0, 0.05) is 35.7 Å². The molecule has 1 unspecified atom stereocenters. The first-order valence-electron chi connectivity index (χ1n) is 9.93. The zero-order valence-corrected chi connectivity index (χ0v) is 16.4. The zero-order chi connectivity index (χ0) is 19.7. The van der Waals surface area contributed by atoms with Crippen LogP contribution in [0.1, 0.15) is 42.4 Å². The Morgan fingerprint density at radius 1 is 0.964 bits per heavy atom. The van der Waals surface area contributed by atoms with Gasteiger partial charge in [-0.3, -0.25) is 14.5 Å². The Bertz CT molecular complexity index is 965. The highest BCUT2D eigenvalue weighted by molar-refractivity contribution is 6.07. The summed E-state index contributed by atoms with van der Waals surface area (Å²) in [5, 5.41) is 0. The number of ketones is 1. The van der Waals surface area contributed by atoms with E-state index in [1.54, 1.807) is 4.90 Å². The van der Waals surface area contributed by atoms with Crippen molar-refractivity contribution in [2.75, 3.05) is 4.90 Å². The maximum Gasteiger partial charge on any atom is 0.232 e. The smallest absolute Gasteiger partial charge is 0.232 e. The molecule has 0 saturated heterocycles. The fraction of sp³-hybridized carbons (Fsp3) is 0.280. The number of aryl methyl sites for hydroxylation is 2. The Morgan fingerprint density at radius 3 is 2.39 bits per heavy atom. The van der Waals surface area contributed by atoms with E-state index in [1.165, 1.54) is 0 Å². The third-order valence-electron chi connectivity index (χ3n) is 5.50. The summed E-state index contributed by atoms with van der Waals surface area (Å²) in [4.78, 5) is 27.8. The number of carbonyl (C=O) groups is 2. The van der Waals surface area contributed by atoms with E-state index < -0.39 is 0 Å². The Balaban J connectivity index is 1.77. The lowest BCUT2D eigenvalue weighted by molar-refractivity contribution is -0.120. The zero-order valence-electron chi connectivity index (χ0n) is 16.4. The number of Topliss-reactive ketones (excluding diaryl/α,β-unsaturated/α-hetero) is 1. The number of hydrogen-bond donors (Lipinski definition) is 0. The van der Waals surface area contributed by atoms with Crippen molar-refractivity contribution in [2.24, 2.45) is 5.92 Å². The van der Waals surface area contributed by atoms with Gasteiger partial charge in [-0.2, -0.15) is 0 Å². The van der Waals surface area contributed by atoms with Gasteiger partial charge in [0.15, 0.2) is 5.78 Å². The van der Waals surface area contributed by atoms with Gasteiger partial charge in [0.05, 0.1) is 0 Å². The molecule has 0 bridgehead atoms. The van der Waals surface area contributed by atoms with Crippen LogP contribution in [0.15, 0.2) is 65.9 Å². The van der Waals surface area contributed by atoms with Gasteiger partial charge in [0.25, 0.3) is 0 Å². The number of rotatable bonds is 3. The van der Waals surface area contributed by atoms with Crippen LogP contribution in [-0.2, 0) is 9.59 Å². The highest BCUT2D eigenvalue weighted by Gasteiger charge is 2.38. The minimum Gasteiger partial charge on any atom is -0.294 e. The van der Waals surface area contributed by atoms with Crippen LogP contribution in [0, 0.1) is 19.8 Å². The number of amides is 1. The molecule has 1 aliphatic carbocycles. The highest BCUT2D eigenvalue weighted by Crippen LogP contribution is 2.40. The third-order valence-corrected chi connectivity index (χ3v) is 5.50. The van der Waals surface area contributed by atoms with E-state index in [-0.39, 0.29) is 17.6 Å². The van der Waals surface area contributed by atoms with E-state index in [2.05, 4.69) is 6.07 Å². The van der Waals surface area contributed by atoms with Crippen molar-refractivity contribution in [1.82, 2.24) is 0 Å². The fourth-order valence-corrected chi connectivity index (χ4v) is 4.37. The molecule has 142 valence electrons. The van der Waals surface area contributed by atoms with Crippen LogP contribution in [0.25, 0.3) is 6.08 Å². The molecule has 0 radical (unpaired) electrons. The molecule has 2 aliphatic rings. The van der Waals surface area contributed by atoms with Gasteiger partial charge in [-0.25, -0.2) is 0 Å². The van der Waals surface area contributed by atoms with Crippen molar-refractivity contribution < 1.29 is 9.59 Å². The van der Waals surface area contributed by atoms with Crippen molar-refractivity contribution in [1.29, 1.82) is 0 Å². The number of carbonyl (C=O) groups excluding carboxylic acids is 2. The molecule has 1 amide bonds. The van der Waals surface area contributed by atoms with Crippen LogP contribution in [0.3, 0.4) is 0 Å². The maximum absolute atomic E-state index is 13.1. The summed E-state index contributed by atoms with van der Waals surface area (Å²) < 4.78 is 0. The summed E-state index contributed by atoms with van der Waals surface area (Å²) in [5.74, 6) is 0.115. The monoisotopic (exact) mass is 371 g/mol. The Hall–Kier alpha value is -2.94. The number of benzene rings is 2. The third kappa shape index (κ3) is 3.57. The van der Waals surface area contributed by atoms with Gasteiger partial charge in [-0.1, -0.05) is 48.6 Å². The Kier molecular flexibility index (Phi) is 4.99. The molecular weight excluding hydrogens is 346 g/mol. The standard InChI is InChI=1S/C25H25NO2/c1-17-13-18(2)15-21(14-17)26-22-9-6-10-23(27)25(22)20(16-24(26)28)12-11-19-7-4-3-5-8-19/h3-5,7-8,11-15,20H,6,9-10,16H2,1-2H3/b12-11+. The fourth-order valence-electron chi connectivity index (χ4n) is 4.37. The van der Waals surface area contributed by atoms with Crippen molar-refractivity contribution in [2.45, 2.75) is 39.5 Å². The number of allylic oxidation sites excluding steroid dienone is 3. The van der Waals surface area contributed by atoms with Gasteiger partial charge in [-0.05, 0) is 55.5 Å². The summed E-state index contributed by atoms with van der Waals surface area (Å²) >= 11 is 0. The number of hydrogen-bond acceptors (Lipinski definition) is 2. The van der Waals surface area contributed by atoms with Crippen molar-refractivity contribution in [3.63, 3.8) is 0 Å². The van der Waals surface area contributed by atoms with Crippen LogP contribution >= 0.6 is 0 Å². The number of anilines is 1. The van der Waals surface area contributed by atoms with Crippen LogP contribution < -0.4 is 4.90 Å². The normalized spacial score (nSPS) is 20.1. The van der Waals surface area contributed by atoms with Gasteiger partial charge >= 0.3 is 0 Å². The second kappa shape index (κ2) is 7.59. The average Bonchev–Trinajstić information content (AvgIpc) is 2.66. The predicted molar refractivity (Wildman–Crippen MR) is 113 cm³/mol. The van der Waals surface area contributed by atoms with Crippen molar-refractivity contribution in [3.05, 3.63) is 82.6 Å². The lowest BCUT2D eigenvalue weighted by atomic mass is 9.80. The maximum atomic E-state index is 13.1. The average molecular weight is 371 g/mol. The summed E-state index contributed by atoms with van der Waals surface area (Å²) in [5.41, 5.74) is 5.95. The molecular formula is C25H25NO2. The Morgan fingerprint density at radius 2 is 1.68 bits per heavy atom. The minimum atomic E-state index is -0.141.